The van der Waals surface area contributed by atoms with Crippen molar-refractivity contribution >= 4 is 17.3 Å². The molecule has 0 aromatic heterocycles. The van der Waals surface area contributed by atoms with E-state index in [0.717, 1.165) is 0 Å². The number of methoxy groups -OCH3 is 1. The highest BCUT2D eigenvalue weighted by atomic mass is 16.6. The number of carbonyl (C=O) groups excluding carboxylic acids is 1. The Bertz CT molecular complexity index is 624. The van der Waals surface area contributed by atoms with E-state index in [1.165, 1.54) is 19.2 Å². The third-order valence-electron chi connectivity index (χ3n) is 3.86. The number of ether oxygens (including phenoxy) is 2. The van der Waals surface area contributed by atoms with Crippen LogP contribution in [-0.2, 0) is 9.53 Å². The van der Waals surface area contributed by atoms with E-state index in [2.05, 4.69) is 5.32 Å². The molecule has 1 aliphatic heterocycles. The lowest BCUT2D eigenvalue weighted by Crippen LogP contribution is -2.48. The van der Waals surface area contributed by atoms with Crippen LogP contribution in [0.25, 0.3) is 0 Å². The van der Waals surface area contributed by atoms with Gasteiger partial charge in [0.1, 0.15) is 0 Å². The third-order valence-corrected chi connectivity index (χ3v) is 3.86. The summed E-state index contributed by atoms with van der Waals surface area (Å²) in [4.78, 5) is 24.8. The van der Waals surface area contributed by atoms with Crippen molar-refractivity contribution in [2.75, 3.05) is 32.1 Å². The predicted molar refractivity (Wildman–Crippen MR) is 89.5 cm³/mol. The number of hydrogen-bond donors (Lipinski definition) is 1. The molecular formula is C16H23N3O5. The zero-order valence-electron chi connectivity index (χ0n) is 14.4. The number of aryl methyl sites for hydroxylation is 1. The van der Waals surface area contributed by atoms with E-state index < -0.39 is 4.92 Å². The van der Waals surface area contributed by atoms with E-state index in [4.69, 9.17) is 9.47 Å². The maximum atomic E-state index is 12.3. The highest BCUT2D eigenvalue weighted by molar-refractivity contribution is 5.93. The summed E-state index contributed by atoms with van der Waals surface area (Å²) in [6, 6.07) is 2.88. The first-order chi connectivity index (χ1) is 11.3. The van der Waals surface area contributed by atoms with Gasteiger partial charge in [-0.15, -0.1) is 0 Å². The van der Waals surface area contributed by atoms with E-state index in [9.17, 15) is 14.9 Å². The number of nitrogens with zero attached hydrogens (tertiary/aromatic N) is 2. The first-order valence-corrected chi connectivity index (χ1v) is 7.80. The zero-order chi connectivity index (χ0) is 17.9. The van der Waals surface area contributed by atoms with Crippen LogP contribution in [0.4, 0.5) is 11.4 Å². The number of benzene rings is 1. The molecule has 0 radical (unpaired) electrons. The van der Waals surface area contributed by atoms with Gasteiger partial charge in [-0.1, -0.05) is 0 Å². The number of amides is 1. The summed E-state index contributed by atoms with van der Waals surface area (Å²) in [5, 5.41) is 13.8. The van der Waals surface area contributed by atoms with Crippen LogP contribution in [0.5, 0.6) is 5.75 Å². The lowest BCUT2D eigenvalue weighted by Gasteiger charge is -2.34. The number of rotatable bonds is 5. The molecule has 1 aliphatic rings. The highest BCUT2D eigenvalue weighted by Gasteiger charge is 2.24. The number of nitro benzene ring substituents is 1. The fraction of sp³-hybridized carbons (Fsp3) is 0.562. The van der Waals surface area contributed by atoms with E-state index in [1.807, 2.05) is 18.7 Å². The summed E-state index contributed by atoms with van der Waals surface area (Å²) in [5.74, 6) is -0.0511. The molecule has 1 amide bonds. The van der Waals surface area contributed by atoms with Gasteiger partial charge in [-0.25, -0.2) is 0 Å². The van der Waals surface area contributed by atoms with E-state index in [-0.39, 0.29) is 36.1 Å². The van der Waals surface area contributed by atoms with Crippen molar-refractivity contribution in [3.8, 4) is 5.75 Å². The van der Waals surface area contributed by atoms with Gasteiger partial charge < -0.3 is 14.8 Å². The molecule has 2 rings (SSSR count). The second kappa shape index (κ2) is 7.59. The Kier molecular flexibility index (Phi) is 5.74. The summed E-state index contributed by atoms with van der Waals surface area (Å²) in [6.07, 6.45) is 0.172. The molecule has 0 bridgehead atoms. The van der Waals surface area contributed by atoms with Crippen molar-refractivity contribution in [1.29, 1.82) is 0 Å². The summed E-state index contributed by atoms with van der Waals surface area (Å²) in [5.41, 5.74) is 1.00. The summed E-state index contributed by atoms with van der Waals surface area (Å²) < 4.78 is 10.7. The molecule has 1 heterocycles. The van der Waals surface area contributed by atoms with Crippen LogP contribution in [0.1, 0.15) is 19.4 Å². The van der Waals surface area contributed by atoms with E-state index in [0.29, 0.717) is 24.3 Å². The molecule has 24 heavy (non-hydrogen) atoms. The van der Waals surface area contributed by atoms with Crippen molar-refractivity contribution in [2.24, 2.45) is 0 Å². The third kappa shape index (κ3) is 4.42. The number of anilines is 1. The molecule has 2 atom stereocenters. The second-order valence-electron chi connectivity index (χ2n) is 6.10. The van der Waals surface area contributed by atoms with Crippen LogP contribution in [-0.4, -0.2) is 54.7 Å². The predicted octanol–water partition coefficient (Wildman–Crippen LogP) is 1.96. The molecule has 0 unspecified atom stereocenters. The maximum absolute atomic E-state index is 12.3. The van der Waals surface area contributed by atoms with Crippen molar-refractivity contribution < 1.29 is 19.2 Å². The molecule has 1 aromatic carbocycles. The van der Waals surface area contributed by atoms with Crippen molar-refractivity contribution in [3.05, 3.63) is 27.8 Å². The molecule has 132 valence electrons. The van der Waals surface area contributed by atoms with Crippen LogP contribution < -0.4 is 10.1 Å². The van der Waals surface area contributed by atoms with Crippen LogP contribution in [0.3, 0.4) is 0 Å². The highest BCUT2D eigenvalue weighted by Crippen LogP contribution is 2.32. The fourth-order valence-electron chi connectivity index (χ4n) is 2.92. The Morgan fingerprint density at radius 1 is 1.42 bits per heavy atom. The number of morpholine rings is 1. The molecule has 0 aliphatic carbocycles. The minimum Gasteiger partial charge on any atom is -0.490 e. The molecule has 1 fully saturated rings. The first-order valence-electron chi connectivity index (χ1n) is 7.80. The van der Waals surface area contributed by atoms with Crippen LogP contribution in [0.2, 0.25) is 0 Å². The topological polar surface area (TPSA) is 93.9 Å². The Morgan fingerprint density at radius 3 is 2.58 bits per heavy atom. The average Bonchev–Trinajstić information content (AvgIpc) is 2.47. The quantitative estimate of drug-likeness (QED) is 0.652. The van der Waals surface area contributed by atoms with Crippen LogP contribution >= 0.6 is 0 Å². The number of nitrogens with one attached hydrogen (secondary N) is 1. The van der Waals surface area contributed by atoms with Gasteiger partial charge in [0.2, 0.25) is 5.91 Å². The number of carbonyl (C=O) groups is 1. The molecular weight excluding hydrogens is 314 g/mol. The monoisotopic (exact) mass is 337 g/mol. The summed E-state index contributed by atoms with van der Waals surface area (Å²) >= 11 is 0. The Balaban J connectivity index is 2.07. The van der Waals surface area contributed by atoms with Gasteiger partial charge in [0.25, 0.3) is 0 Å². The molecule has 1 N–H and O–H groups in total. The summed E-state index contributed by atoms with van der Waals surface area (Å²) in [7, 11) is 1.36. The Labute approximate surface area is 140 Å². The van der Waals surface area contributed by atoms with E-state index in [1.54, 1.807) is 6.92 Å². The average molecular weight is 337 g/mol. The van der Waals surface area contributed by atoms with Crippen molar-refractivity contribution in [1.82, 2.24) is 4.90 Å². The zero-order valence-corrected chi connectivity index (χ0v) is 14.4. The van der Waals surface area contributed by atoms with Gasteiger partial charge in [-0.2, -0.15) is 0 Å². The lowest BCUT2D eigenvalue weighted by molar-refractivity contribution is -0.385. The van der Waals surface area contributed by atoms with E-state index >= 15 is 0 Å². The van der Waals surface area contributed by atoms with Crippen LogP contribution in [0, 0.1) is 17.0 Å². The maximum Gasteiger partial charge on any atom is 0.311 e. The van der Waals surface area contributed by atoms with Crippen molar-refractivity contribution in [2.45, 2.75) is 33.0 Å². The fourth-order valence-corrected chi connectivity index (χ4v) is 2.92. The first kappa shape index (κ1) is 18.2. The lowest BCUT2D eigenvalue weighted by atomic mass is 10.1. The molecule has 0 saturated carbocycles. The largest absolute Gasteiger partial charge is 0.490 e. The van der Waals surface area contributed by atoms with Gasteiger partial charge in [0.05, 0.1) is 30.8 Å². The number of hydrogen-bond acceptors (Lipinski definition) is 6. The minimum atomic E-state index is -0.506. The normalized spacial score (nSPS) is 21.3. The van der Waals surface area contributed by atoms with Crippen LogP contribution in [0.15, 0.2) is 12.1 Å². The van der Waals surface area contributed by atoms with Gasteiger partial charge in [0, 0.05) is 30.9 Å². The SMILES string of the molecule is COc1cc(NC(=O)CN2C[C@@H](C)O[C@@H](C)C2)c(C)cc1[N+](=O)[O-]. The van der Waals surface area contributed by atoms with Gasteiger partial charge in [-0.3, -0.25) is 19.8 Å². The minimum absolute atomic E-state index is 0.0859. The Morgan fingerprint density at radius 2 is 2.04 bits per heavy atom. The molecule has 8 nitrogen and oxygen atoms in total. The smallest absolute Gasteiger partial charge is 0.311 e. The molecule has 8 heteroatoms. The second-order valence-corrected chi connectivity index (χ2v) is 6.10. The number of nitro groups is 1. The molecule has 0 spiro atoms. The Hall–Kier alpha value is -2.19. The van der Waals surface area contributed by atoms with Gasteiger partial charge in [0.15, 0.2) is 5.75 Å². The van der Waals surface area contributed by atoms with Crippen molar-refractivity contribution in [3.63, 3.8) is 0 Å². The summed E-state index contributed by atoms with van der Waals surface area (Å²) in [6.45, 7) is 7.30. The molecule has 1 saturated heterocycles. The standard InChI is InChI=1S/C16H23N3O5/c1-10-5-14(19(21)22)15(23-4)6-13(10)17-16(20)9-18-7-11(2)24-12(3)8-18/h5-6,11-12H,7-9H2,1-4H3,(H,17,20)/t11-,12+. The molecule has 1 aromatic rings. The van der Waals surface area contributed by atoms with Gasteiger partial charge in [-0.05, 0) is 26.3 Å². The van der Waals surface area contributed by atoms with Gasteiger partial charge >= 0.3 is 5.69 Å².